The second kappa shape index (κ2) is 7.29. The number of benzene rings is 1. The first-order valence-electron chi connectivity index (χ1n) is 7.34. The number of amides is 1. The number of piperidine rings is 1. The van der Waals surface area contributed by atoms with Crippen LogP contribution in [0.5, 0.6) is 5.75 Å². The van der Waals surface area contributed by atoms with Gasteiger partial charge in [-0.1, -0.05) is 25.1 Å². The highest BCUT2D eigenvalue weighted by molar-refractivity contribution is 5.82. The molecular formula is C16H24N2O2. The van der Waals surface area contributed by atoms with Gasteiger partial charge in [0.05, 0.1) is 12.6 Å². The molecule has 1 aliphatic heterocycles. The van der Waals surface area contributed by atoms with Crippen molar-refractivity contribution in [2.45, 2.75) is 25.8 Å². The van der Waals surface area contributed by atoms with E-state index in [1.807, 2.05) is 37.4 Å². The number of nitrogens with zero attached hydrogens (tertiary/aromatic N) is 1. The lowest BCUT2D eigenvalue weighted by atomic mass is 9.92. The fourth-order valence-corrected chi connectivity index (χ4v) is 2.54. The van der Waals surface area contributed by atoms with Crippen LogP contribution in [0, 0.1) is 5.92 Å². The van der Waals surface area contributed by atoms with E-state index in [1.165, 1.54) is 0 Å². The third-order valence-corrected chi connectivity index (χ3v) is 3.85. The Labute approximate surface area is 121 Å². The number of likely N-dealkylation sites (N-methyl/N-ethyl adjacent to an activating group) is 1. The molecule has 1 N–H and O–H groups in total. The summed E-state index contributed by atoms with van der Waals surface area (Å²) in [4.78, 5) is 14.1. The van der Waals surface area contributed by atoms with Gasteiger partial charge in [0.25, 0.3) is 0 Å². The van der Waals surface area contributed by atoms with Crippen molar-refractivity contribution in [3.8, 4) is 5.75 Å². The van der Waals surface area contributed by atoms with E-state index < -0.39 is 0 Å². The van der Waals surface area contributed by atoms with E-state index in [2.05, 4.69) is 12.2 Å². The van der Waals surface area contributed by atoms with Crippen molar-refractivity contribution < 1.29 is 9.53 Å². The molecule has 0 saturated carbocycles. The summed E-state index contributed by atoms with van der Waals surface area (Å²) in [6.45, 7) is 4.21. The third kappa shape index (κ3) is 3.97. The molecule has 1 heterocycles. The standard InChI is InChI=1S/C16H24N2O2/c1-13-7-6-10-17-15(13)16(19)18(2)11-12-20-14-8-4-3-5-9-14/h3-5,8-9,13,15,17H,6-7,10-12H2,1-2H3. The number of para-hydroxylation sites is 1. The van der Waals surface area contributed by atoms with Crippen LogP contribution >= 0.6 is 0 Å². The van der Waals surface area contributed by atoms with Crippen LogP contribution in [0.2, 0.25) is 0 Å². The summed E-state index contributed by atoms with van der Waals surface area (Å²) in [7, 11) is 1.85. The average molecular weight is 276 g/mol. The number of carbonyl (C=O) groups excluding carboxylic acids is 1. The van der Waals surface area contributed by atoms with Gasteiger partial charge in [0.1, 0.15) is 12.4 Å². The highest BCUT2D eigenvalue weighted by Crippen LogP contribution is 2.17. The minimum absolute atomic E-state index is 0.0366. The Morgan fingerprint density at radius 1 is 1.40 bits per heavy atom. The summed E-state index contributed by atoms with van der Waals surface area (Å²) in [5, 5.41) is 3.33. The van der Waals surface area contributed by atoms with Crippen molar-refractivity contribution >= 4 is 5.91 Å². The molecule has 2 rings (SSSR count). The number of rotatable bonds is 5. The van der Waals surface area contributed by atoms with Crippen LogP contribution in [0.15, 0.2) is 30.3 Å². The first-order chi connectivity index (χ1) is 9.68. The third-order valence-electron chi connectivity index (χ3n) is 3.85. The van der Waals surface area contributed by atoms with Gasteiger partial charge >= 0.3 is 0 Å². The van der Waals surface area contributed by atoms with Gasteiger partial charge in [-0.05, 0) is 37.4 Å². The Kier molecular flexibility index (Phi) is 5.41. The molecule has 4 heteroatoms. The van der Waals surface area contributed by atoms with Gasteiger partial charge < -0.3 is 15.0 Å². The molecule has 1 aromatic rings. The summed E-state index contributed by atoms with van der Waals surface area (Å²) in [5.41, 5.74) is 0. The van der Waals surface area contributed by atoms with Crippen LogP contribution in [0.25, 0.3) is 0 Å². The lowest BCUT2D eigenvalue weighted by Crippen LogP contribution is -2.51. The minimum Gasteiger partial charge on any atom is -0.492 e. The van der Waals surface area contributed by atoms with Crippen molar-refractivity contribution in [2.24, 2.45) is 5.92 Å². The number of hydrogen-bond donors (Lipinski definition) is 1. The Morgan fingerprint density at radius 2 is 2.15 bits per heavy atom. The maximum atomic E-state index is 12.4. The summed E-state index contributed by atoms with van der Waals surface area (Å²) >= 11 is 0. The molecule has 2 unspecified atom stereocenters. The van der Waals surface area contributed by atoms with Gasteiger partial charge in [-0.25, -0.2) is 0 Å². The van der Waals surface area contributed by atoms with Crippen molar-refractivity contribution in [3.63, 3.8) is 0 Å². The van der Waals surface area contributed by atoms with Crippen LogP contribution < -0.4 is 10.1 Å². The lowest BCUT2D eigenvalue weighted by molar-refractivity contribution is -0.134. The smallest absolute Gasteiger partial charge is 0.239 e. The van der Waals surface area contributed by atoms with Crippen LogP contribution in [0.1, 0.15) is 19.8 Å². The van der Waals surface area contributed by atoms with E-state index in [0.717, 1.165) is 25.1 Å². The molecule has 1 fully saturated rings. The second-order valence-electron chi connectivity index (χ2n) is 5.47. The van der Waals surface area contributed by atoms with Crippen molar-refractivity contribution in [2.75, 3.05) is 26.7 Å². The molecule has 0 bridgehead atoms. The van der Waals surface area contributed by atoms with Gasteiger partial charge in [0.15, 0.2) is 0 Å². The number of nitrogens with one attached hydrogen (secondary N) is 1. The quantitative estimate of drug-likeness (QED) is 0.893. The second-order valence-corrected chi connectivity index (χ2v) is 5.47. The SMILES string of the molecule is CC1CCCNC1C(=O)N(C)CCOc1ccccc1. The topological polar surface area (TPSA) is 41.6 Å². The Bertz CT molecular complexity index is 422. The zero-order chi connectivity index (χ0) is 14.4. The number of ether oxygens (including phenoxy) is 1. The maximum absolute atomic E-state index is 12.4. The van der Waals surface area contributed by atoms with E-state index in [9.17, 15) is 4.79 Å². The molecule has 1 saturated heterocycles. The predicted molar refractivity (Wildman–Crippen MR) is 79.8 cm³/mol. The van der Waals surface area contributed by atoms with Crippen LogP contribution in [0.3, 0.4) is 0 Å². The molecule has 1 aliphatic rings. The van der Waals surface area contributed by atoms with E-state index in [0.29, 0.717) is 19.1 Å². The highest BCUT2D eigenvalue weighted by atomic mass is 16.5. The summed E-state index contributed by atoms with van der Waals surface area (Å²) in [6.07, 6.45) is 2.28. The number of carbonyl (C=O) groups is 1. The van der Waals surface area contributed by atoms with Gasteiger partial charge in [0.2, 0.25) is 5.91 Å². The molecule has 110 valence electrons. The molecule has 1 aromatic carbocycles. The van der Waals surface area contributed by atoms with Crippen LogP contribution in [0.4, 0.5) is 0 Å². The molecule has 0 radical (unpaired) electrons. The fourth-order valence-electron chi connectivity index (χ4n) is 2.54. The predicted octanol–water partition coefficient (Wildman–Crippen LogP) is 1.91. The minimum atomic E-state index is -0.0366. The first-order valence-corrected chi connectivity index (χ1v) is 7.34. The molecule has 0 aliphatic carbocycles. The normalized spacial score (nSPS) is 22.3. The molecule has 0 aromatic heterocycles. The van der Waals surface area contributed by atoms with E-state index in [4.69, 9.17) is 4.74 Å². The molecule has 2 atom stereocenters. The Morgan fingerprint density at radius 3 is 2.85 bits per heavy atom. The molecule has 20 heavy (non-hydrogen) atoms. The van der Waals surface area contributed by atoms with Gasteiger partial charge in [-0.2, -0.15) is 0 Å². The summed E-state index contributed by atoms with van der Waals surface area (Å²) in [5.74, 6) is 1.43. The summed E-state index contributed by atoms with van der Waals surface area (Å²) in [6, 6.07) is 9.65. The molecule has 0 spiro atoms. The van der Waals surface area contributed by atoms with E-state index in [-0.39, 0.29) is 11.9 Å². The van der Waals surface area contributed by atoms with Crippen molar-refractivity contribution in [3.05, 3.63) is 30.3 Å². The molecular weight excluding hydrogens is 252 g/mol. The highest BCUT2D eigenvalue weighted by Gasteiger charge is 2.29. The number of hydrogen-bond acceptors (Lipinski definition) is 3. The Balaban J connectivity index is 1.76. The van der Waals surface area contributed by atoms with Gasteiger partial charge in [-0.15, -0.1) is 0 Å². The van der Waals surface area contributed by atoms with Crippen LogP contribution in [-0.4, -0.2) is 43.6 Å². The van der Waals surface area contributed by atoms with Crippen molar-refractivity contribution in [1.29, 1.82) is 0 Å². The van der Waals surface area contributed by atoms with Gasteiger partial charge in [0, 0.05) is 7.05 Å². The van der Waals surface area contributed by atoms with Gasteiger partial charge in [-0.3, -0.25) is 4.79 Å². The largest absolute Gasteiger partial charge is 0.492 e. The molecule has 4 nitrogen and oxygen atoms in total. The van der Waals surface area contributed by atoms with Crippen molar-refractivity contribution in [1.82, 2.24) is 10.2 Å². The summed E-state index contributed by atoms with van der Waals surface area (Å²) < 4.78 is 5.63. The molecule has 1 amide bonds. The first kappa shape index (κ1) is 14.9. The zero-order valence-corrected chi connectivity index (χ0v) is 12.3. The maximum Gasteiger partial charge on any atom is 0.239 e. The van der Waals surface area contributed by atoms with E-state index >= 15 is 0 Å². The average Bonchev–Trinajstić information content (AvgIpc) is 2.48. The Hall–Kier alpha value is -1.55. The zero-order valence-electron chi connectivity index (χ0n) is 12.3. The fraction of sp³-hybridized carbons (Fsp3) is 0.562. The van der Waals surface area contributed by atoms with Crippen LogP contribution in [-0.2, 0) is 4.79 Å². The lowest BCUT2D eigenvalue weighted by Gasteiger charge is -2.32. The monoisotopic (exact) mass is 276 g/mol. The van der Waals surface area contributed by atoms with E-state index in [1.54, 1.807) is 4.90 Å².